The normalized spacial score (nSPS) is 63.9. The second-order valence-corrected chi connectivity index (χ2v) is 15.9. The van der Waals surface area contributed by atoms with Gasteiger partial charge in [-0.15, -0.1) is 0 Å². The predicted octanol–water partition coefficient (Wildman–Crippen LogP) is 4.66. The highest BCUT2D eigenvalue weighted by atomic mass is 16.8. The molecule has 35 heavy (non-hydrogen) atoms. The summed E-state index contributed by atoms with van der Waals surface area (Å²) < 4.78 is 13.6. The van der Waals surface area contributed by atoms with Crippen molar-refractivity contribution < 1.29 is 24.8 Å². The average Bonchev–Trinajstić information content (AvgIpc) is 3.28. The van der Waals surface area contributed by atoms with Crippen molar-refractivity contribution >= 4 is 0 Å². The Bertz CT molecular complexity index is 957. The number of aliphatic hydroxyl groups excluding tert-OH is 2. The van der Waals surface area contributed by atoms with Crippen molar-refractivity contribution in [1.82, 2.24) is 0 Å². The Balaban J connectivity index is 1.33. The van der Waals surface area contributed by atoms with E-state index in [4.69, 9.17) is 9.47 Å². The average molecular weight is 489 g/mol. The monoisotopic (exact) mass is 488 g/mol. The smallest absolute Gasteiger partial charge is 0.199 e. The second kappa shape index (κ2) is 6.33. The molecule has 0 aromatic heterocycles. The first-order valence-electron chi connectivity index (χ1n) is 14.6. The predicted molar refractivity (Wildman–Crippen MR) is 132 cm³/mol. The summed E-state index contributed by atoms with van der Waals surface area (Å²) in [4.78, 5) is 0. The van der Waals surface area contributed by atoms with Gasteiger partial charge in [0.05, 0.1) is 17.8 Å². The molecule has 3 unspecified atom stereocenters. The van der Waals surface area contributed by atoms with Gasteiger partial charge in [-0.1, -0.05) is 34.6 Å². The largest absolute Gasteiger partial charge is 0.393 e. The van der Waals surface area contributed by atoms with Crippen molar-refractivity contribution in [3.63, 3.8) is 0 Å². The molecule has 5 saturated carbocycles. The van der Waals surface area contributed by atoms with Crippen molar-refractivity contribution in [2.45, 2.75) is 136 Å². The molecule has 5 aliphatic carbocycles. The van der Waals surface area contributed by atoms with Gasteiger partial charge in [-0.25, -0.2) is 0 Å². The van der Waals surface area contributed by atoms with Gasteiger partial charge in [-0.05, 0) is 105 Å². The summed E-state index contributed by atoms with van der Waals surface area (Å²) >= 11 is 0. The van der Waals surface area contributed by atoms with Gasteiger partial charge in [0.25, 0.3) is 0 Å². The maximum Gasteiger partial charge on any atom is 0.199 e. The Hall–Kier alpha value is -0.200. The van der Waals surface area contributed by atoms with E-state index in [-0.39, 0.29) is 39.8 Å². The van der Waals surface area contributed by atoms with Crippen molar-refractivity contribution in [3.8, 4) is 0 Å². The lowest BCUT2D eigenvalue weighted by atomic mass is 9.41. The zero-order valence-electron chi connectivity index (χ0n) is 22.9. The molecular weight excluding hydrogens is 440 g/mol. The molecule has 2 aliphatic heterocycles. The lowest BCUT2D eigenvalue weighted by Crippen LogP contribution is -2.60. The topological polar surface area (TPSA) is 79.2 Å². The number of rotatable bonds is 1. The summed E-state index contributed by atoms with van der Waals surface area (Å²) in [7, 11) is 0. The molecule has 3 spiro atoms. The van der Waals surface area contributed by atoms with Crippen LogP contribution in [0.3, 0.4) is 0 Å². The maximum absolute atomic E-state index is 12.5. The summed E-state index contributed by atoms with van der Waals surface area (Å²) in [6.45, 7) is 15.4. The highest BCUT2D eigenvalue weighted by Gasteiger charge is 2.88. The molecule has 2 bridgehead atoms. The van der Waals surface area contributed by atoms with E-state index >= 15 is 0 Å². The fourth-order valence-corrected chi connectivity index (χ4v) is 12.7. The quantitative estimate of drug-likeness (QED) is 0.500. The molecule has 13 atom stereocenters. The number of hydrogen-bond donors (Lipinski definition) is 3. The van der Waals surface area contributed by atoms with E-state index in [1.807, 2.05) is 13.8 Å². The molecule has 7 rings (SSSR count). The van der Waals surface area contributed by atoms with Gasteiger partial charge in [0.1, 0.15) is 12.2 Å². The maximum atomic E-state index is 12.5. The van der Waals surface area contributed by atoms with E-state index < -0.39 is 23.6 Å². The lowest BCUT2D eigenvalue weighted by molar-refractivity contribution is -0.282. The van der Waals surface area contributed by atoms with Crippen LogP contribution < -0.4 is 0 Å². The van der Waals surface area contributed by atoms with E-state index in [0.717, 1.165) is 38.5 Å². The Labute approximate surface area is 211 Å². The van der Waals surface area contributed by atoms with Crippen LogP contribution in [0.1, 0.15) is 99.8 Å². The molecule has 3 N–H and O–H groups in total. The van der Waals surface area contributed by atoms with E-state index in [1.165, 1.54) is 12.8 Å². The Morgan fingerprint density at radius 1 is 0.857 bits per heavy atom. The SMILES string of the molecule is CC1CC2O[C@]3(O[C@@H]2C(C)(C)O)C1[C@@]1(C)CC[C@@]24C[C@@]25CC[C@H](O)C(C)(C)[C@@H]5CC[C@H]4[C@]1(C)[C@H]3O. The third-order valence-corrected chi connectivity index (χ3v) is 14.2. The molecule has 0 aromatic carbocycles. The first-order valence-corrected chi connectivity index (χ1v) is 14.6. The standard InChI is InChI=1S/C30H48O5/c1-16-14-17-22(25(4,5)33)35-30(34-17)21(16)26(6)12-13-29-15-28(29)11-10-20(31)24(2,3)18(28)8-9-19(29)27(26,7)23(30)32/h16-23,31-33H,8-15H2,1-7H3/t16?,17?,18-,19-,20-,21?,22-,23+,26+,27+,28+,29-,30-/m0/s1. The first-order chi connectivity index (χ1) is 16.1. The van der Waals surface area contributed by atoms with Gasteiger partial charge in [-0.2, -0.15) is 0 Å². The van der Waals surface area contributed by atoms with Crippen LogP contribution in [-0.2, 0) is 9.47 Å². The molecule has 5 heteroatoms. The van der Waals surface area contributed by atoms with Crippen molar-refractivity contribution in [2.24, 2.45) is 50.7 Å². The van der Waals surface area contributed by atoms with Crippen LogP contribution in [0.5, 0.6) is 0 Å². The van der Waals surface area contributed by atoms with Crippen LogP contribution >= 0.6 is 0 Å². The zero-order valence-corrected chi connectivity index (χ0v) is 22.9. The van der Waals surface area contributed by atoms with Crippen LogP contribution in [0.2, 0.25) is 0 Å². The van der Waals surface area contributed by atoms with Gasteiger partial charge in [0, 0.05) is 11.3 Å². The molecule has 198 valence electrons. The highest BCUT2D eigenvalue weighted by Crippen LogP contribution is 2.90. The van der Waals surface area contributed by atoms with Gasteiger partial charge in [-0.3, -0.25) is 0 Å². The molecule has 2 saturated heterocycles. The van der Waals surface area contributed by atoms with Gasteiger partial charge < -0.3 is 24.8 Å². The van der Waals surface area contributed by atoms with E-state index in [9.17, 15) is 15.3 Å². The zero-order chi connectivity index (χ0) is 25.2. The van der Waals surface area contributed by atoms with Gasteiger partial charge in [0.2, 0.25) is 0 Å². The van der Waals surface area contributed by atoms with Gasteiger partial charge >= 0.3 is 0 Å². The lowest BCUT2D eigenvalue weighted by Gasteiger charge is -2.63. The molecule has 7 fully saturated rings. The van der Waals surface area contributed by atoms with Gasteiger partial charge in [0.15, 0.2) is 5.79 Å². The van der Waals surface area contributed by atoms with Crippen molar-refractivity contribution in [2.75, 3.05) is 0 Å². The number of aliphatic hydroxyl groups is 3. The summed E-state index contributed by atoms with van der Waals surface area (Å²) in [5, 5.41) is 34.4. The third kappa shape index (κ3) is 2.30. The summed E-state index contributed by atoms with van der Waals surface area (Å²) in [5.74, 6) is 0.523. The van der Waals surface area contributed by atoms with E-state index in [1.54, 1.807) is 0 Å². The molecule has 7 aliphatic rings. The fraction of sp³-hybridized carbons (Fsp3) is 1.00. The number of hydrogen-bond acceptors (Lipinski definition) is 5. The fourth-order valence-electron chi connectivity index (χ4n) is 12.7. The number of fused-ring (bicyclic) bond motifs is 4. The molecule has 0 aromatic rings. The second-order valence-electron chi connectivity index (χ2n) is 15.9. The number of ether oxygens (including phenoxy) is 2. The van der Waals surface area contributed by atoms with Crippen LogP contribution in [0, 0.1) is 50.7 Å². The van der Waals surface area contributed by atoms with Crippen LogP contribution in [0.4, 0.5) is 0 Å². The molecule has 0 radical (unpaired) electrons. The minimum atomic E-state index is -1.01. The van der Waals surface area contributed by atoms with Crippen LogP contribution in [-0.4, -0.2) is 51.1 Å². The Morgan fingerprint density at radius 3 is 2.20 bits per heavy atom. The Kier molecular flexibility index (Phi) is 4.32. The minimum absolute atomic E-state index is 0.0331. The third-order valence-electron chi connectivity index (χ3n) is 14.2. The van der Waals surface area contributed by atoms with Crippen LogP contribution in [0.15, 0.2) is 0 Å². The summed E-state index contributed by atoms with van der Waals surface area (Å²) in [6.07, 6.45) is 7.36. The molecule has 2 heterocycles. The molecular formula is C30H48O5. The molecule has 0 amide bonds. The summed E-state index contributed by atoms with van der Waals surface area (Å²) in [5.41, 5.74) is -0.788. The molecule has 5 nitrogen and oxygen atoms in total. The van der Waals surface area contributed by atoms with Crippen molar-refractivity contribution in [3.05, 3.63) is 0 Å². The van der Waals surface area contributed by atoms with E-state index in [2.05, 4.69) is 34.6 Å². The minimum Gasteiger partial charge on any atom is -0.393 e. The van der Waals surface area contributed by atoms with Crippen LogP contribution in [0.25, 0.3) is 0 Å². The van der Waals surface area contributed by atoms with E-state index in [0.29, 0.717) is 23.2 Å². The Morgan fingerprint density at radius 2 is 1.51 bits per heavy atom. The highest BCUT2D eigenvalue weighted by molar-refractivity contribution is 5.34. The first kappa shape index (κ1) is 23.9. The van der Waals surface area contributed by atoms with Crippen molar-refractivity contribution in [1.29, 1.82) is 0 Å². The summed E-state index contributed by atoms with van der Waals surface area (Å²) in [6, 6.07) is 0.